The topological polar surface area (TPSA) is 83.8 Å². The van der Waals surface area contributed by atoms with Crippen molar-refractivity contribution in [3.8, 4) is 0 Å². The highest BCUT2D eigenvalue weighted by atomic mass is 16.6. The van der Waals surface area contributed by atoms with Crippen molar-refractivity contribution in [2.75, 3.05) is 6.79 Å². The molecule has 0 amide bonds. The van der Waals surface area contributed by atoms with E-state index >= 15 is 0 Å². The minimum Gasteiger partial charge on any atom is -0.478 e. The van der Waals surface area contributed by atoms with Gasteiger partial charge in [-0.05, 0) is 6.92 Å². The molecule has 0 saturated heterocycles. The van der Waals surface area contributed by atoms with E-state index in [0.717, 1.165) is 6.08 Å². The molecule has 0 heterocycles. The van der Waals surface area contributed by atoms with Crippen LogP contribution >= 0.6 is 0 Å². The molecule has 0 aromatic rings. The molecule has 0 bridgehead atoms. The number of carboxylic acid groups (broad SMARTS) is 1. The van der Waals surface area contributed by atoms with Crippen LogP contribution in [0, 0.1) is 0 Å². The first-order valence-electron chi connectivity index (χ1n) is 3.24. The predicted molar refractivity (Wildman–Crippen MR) is 45.8 cm³/mol. The van der Waals surface area contributed by atoms with Gasteiger partial charge in [-0.2, -0.15) is 0 Å². The van der Waals surface area contributed by atoms with Gasteiger partial charge >= 0.3 is 11.9 Å². The normalized spacial score (nSPS) is 7.54. The van der Waals surface area contributed by atoms with E-state index in [1.54, 1.807) is 0 Å². The maximum Gasteiger partial charge on any atom is 0.332 e. The van der Waals surface area contributed by atoms with E-state index in [1.165, 1.54) is 6.92 Å². The quantitative estimate of drug-likeness (QED) is 0.378. The number of aliphatic hydroxyl groups is 1. The highest BCUT2D eigenvalue weighted by molar-refractivity contribution is 5.84. The maximum absolute atomic E-state index is 9.91. The van der Waals surface area contributed by atoms with E-state index in [4.69, 9.17) is 10.2 Å². The lowest BCUT2D eigenvalue weighted by atomic mass is 10.4. The van der Waals surface area contributed by atoms with Gasteiger partial charge in [0.2, 0.25) is 0 Å². The summed E-state index contributed by atoms with van der Waals surface area (Å²) < 4.78 is 3.99. The molecule has 0 rings (SSSR count). The number of esters is 1. The van der Waals surface area contributed by atoms with E-state index in [2.05, 4.69) is 17.9 Å². The molecule has 2 N–H and O–H groups in total. The van der Waals surface area contributed by atoms with Crippen LogP contribution in [0.4, 0.5) is 0 Å². The summed E-state index contributed by atoms with van der Waals surface area (Å²) in [5, 5.41) is 15.8. The van der Waals surface area contributed by atoms with E-state index in [9.17, 15) is 9.59 Å². The monoisotopic (exact) mass is 188 g/mol. The van der Waals surface area contributed by atoms with Crippen molar-refractivity contribution in [1.82, 2.24) is 0 Å². The minimum atomic E-state index is -0.935. The highest BCUT2D eigenvalue weighted by Crippen LogP contribution is 1.81. The molecule has 0 spiro atoms. The number of hydrogen-bond acceptors (Lipinski definition) is 4. The van der Waals surface area contributed by atoms with Gasteiger partial charge < -0.3 is 14.9 Å². The summed E-state index contributed by atoms with van der Waals surface area (Å²) in [4.78, 5) is 19.5. The molecule has 0 saturated carbocycles. The fourth-order valence-electron chi connectivity index (χ4n) is 0.123. The van der Waals surface area contributed by atoms with Crippen molar-refractivity contribution in [2.45, 2.75) is 6.92 Å². The average Bonchev–Trinajstić information content (AvgIpc) is 2.05. The fourth-order valence-corrected chi connectivity index (χ4v) is 0.123. The Balaban J connectivity index is 0. The zero-order chi connectivity index (χ0) is 10.9. The van der Waals surface area contributed by atoms with Crippen molar-refractivity contribution in [3.05, 3.63) is 24.8 Å². The Bertz CT molecular complexity index is 195. The zero-order valence-corrected chi connectivity index (χ0v) is 7.32. The number of carboxylic acids is 1. The van der Waals surface area contributed by atoms with Gasteiger partial charge in [0, 0.05) is 11.6 Å². The number of rotatable bonds is 3. The molecular formula is C8H12O5. The Morgan fingerprint density at radius 2 is 1.92 bits per heavy atom. The van der Waals surface area contributed by atoms with Gasteiger partial charge in [0.25, 0.3) is 0 Å². The minimum absolute atomic E-state index is 0.176. The van der Waals surface area contributed by atoms with Crippen LogP contribution in [-0.4, -0.2) is 28.9 Å². The van der Waals surface area contributed by atoms with Crippen molar-refractivity contribution < 1.29 is 24.5 Å². The molecular weight excluding hydrogens is 176 g/mol. The van der Waals surface area contributed by atoms with Crippen LogP contribution in [-0.2, 0) is 14.3 Å². The number of carbonyl (C=O) groups is 2. The summed E-state index contributed by atoms with van der Waals surface area (Å²) in [5.74, 6) is -1.54. The SMILES string of the molecule is C=C(C)C(=O)O.C=CC(=O)OCO. The summed E-state index contributed by atoms with van der Waals surface area (Å²) in [6.45, 7) is 7.12. The number of aliphatic carboxylic acids is 1. The van der Waals surface area contributed by atoms with Gasteiger partial charge in [-0.15, -0.1) is 0 Å². The Labute approximate surface area is 75.9 Å². The first kappa shape index (κ1) is 13.9. The summed E-state index contributed by atoms with van der Waals surface area (Å²) in [5.41, 5.74) is 0.176. The molecule has 0 aliphatic rings. The van der Waals surface area contributed by atoms with Crippen molar-refractivity contribution >= 4 is 11.9 Å². The van der Waals surface area contributed by atoms with Gasteiger partial charge in [-0.25, -0.2) is 9.59 Å². The maximum atomic E-state index is 9.91. The average molecular weight is 188 g/mol. The Hall–Kier alpha value is -1.62. The van der Waals surface area contributed by atoms with E-state index in [0.29, 0.717) is 0 Å². The Kier molecular flexibility index (Phi) is 9.09. The number of hydrogen-bond donors (Lipinski definition) is 2. The third-order valence-electron chi connectivity index (χ3n) is 0.739. The molecule has 0 unspecified atom stereocenters. The van der Waals surface area contributed by atoms with Crippen molar-refractivity contribution in [3.63, 3.8) is 0 Å². The van der Waals surface area contributed by atoms with Crippen molar-refractivity contribution in [1.29, 1.82) is 0 Å². The van der Waals surface area contributed by atoms with Crippen LogP contribution in [0.15, 0.2) is 24.8 Å². The van der Waals surface area contributed by atoms with E-state index in [1.807, 2.05) is 0 Å². The second kappa shape index (κ2) is 8.48. The van der Waals surface area contributed by atoms with Crippen LogP contribution in [0.5, 0.6) is 0 Å². The molecule has 0 aliphatic heterocycles. The Morgan fingerprint density at radius 1 is 1.54 bits per heavy atom. The van der Waals surface area contributed by atoms with Gasteiger partial charge in [-0.3, -0.25) is 0 Å². The second-order valence-corrected chi connectivity index (χ2v) is 1.88. The molecule has 0 fully saturated rings. The van der Waals surface area contributed by atoms with Crippen LogP contribution < -0.4 is 0 Å². The molecule has 5 heteroatoms. The molecule has 13 heavy (non-hydrogen) atoms. The fraction of sp³-hybridized carbons (Fsp3) is 0.250. The molecule has 0 aliphatic carbocycles. The van der Waals surface area contributed by atoms with Crippen LogP contribution in [0.1, 0.15) is 6.92 Å². The summed E-state index contributed by atoms with van der Waals surface area (Å²) >= 11 is 0. The van der Waals surface area contributed by atoms with Gasteiger partial charge in [0.05, 0.1) is 0 Å². The zero-order valence-electron chi connectivity index (χ0n) is 7.32. The van der Waals surface area contributed by atoms with Crippen LogP contribution in [0.3, 0.4) is 0 Å². The largest absolute Gasteiger partial charge is 0.478 e. The number of carbonyl (C=O) groups excluding carboxylic acids is 1. The van der Waals surface area contributed by atoms with Gasteiger partial charge in [0.1, 0.15) is 0 Å². The lowest BCUT2D eigenvalue weighted by Crippen LogP contribution is -1.99. The van der Waals surface area contributed by atoms with Crippen LogP contribution in [0.2, 0.25) is 0 Å². The number of aliphatic hydroxyl groups excluding tert-OH is 1. The molecule has 74 valence electrons. The van der Waals surface area contributed by atoms with Crippen LogP contribution in [0.25, 0.3) is 0 Å². The molecule has 5 nitrogen and oxygen atoms in total. The predicted octanol–water partition coefficient (Wildman–Crippen LogP) is 0.312. The summed E-state index contributed by atoms with van der Waals surface area (Å²) in [7, 11) is 0. The molecule has 0 atom stereocenters. The lowest BCUT2D eigenvalue weighted by molar-refractivity contribution is -0.145. The first-order valence-corrected chi connectivity index (χ1v) is 3.24. The first-order chi connectivity index (χ1) is 5.95. The number of ether oxygens (including phenoxy) is 1. The third-order valence-corrected chi connectivity index (χ3v) is 0.739. The van der Waals surface area contributed by atoms with E-state index in [-0.39, 0.29) is 5.57 Å². The molecule has 0 radical (unpaired) electrons. The molecule has 0 aromatic carbocycles. The van der Waals surface area contributed by atoms with Crippen molar-refractivity contribution in [2.24, 2.45) is 0 Å². The van der Waals surface area contributed by atoms with E-state index < -0.39 is 18.7 Å². The smallest absolute Gasteiger partial charge is 0.332 e. The standard InChI is InChI=1S/C4H6O3.C4H6O2/c1-2-4(6)7-3-5;1-3(2)4(5)6/h2,5H,1,3H2;1H2,2H3,(H,5,6). The summed E-state index contributed by atoms with van der Waals surface area (Å²) in [6, 6.07) is 0. The lowest BCUT2D eigenvalue weighted by Gasteiger charge is -1.89. The Morgan fingerprint density at radius 3 is 2.00 bits per heavy atom. The van der Waals surface area contributed by atoms with Gasteiger partial charge in [-0.1, -0.05) is 13.2 Å². The third kappa shape index (κ3) is 13.4. The van der Waals surface area contributed by atoms with Gasteiger partial charge in [0.15, 0.2) is 6.79 Å². The molecule has 0 aromatic heterocycles. The second-order valence-electron chi connectivity index (χ2n) is 1.88. The highest BCUT2D eigenvalue weighted by Gasteiger charge is 1.90. The summed E-state index contributed by atoms with van der Waals surface area (Å²) in [6.07, 6.45) is 0.982.